The highest BCUT2D eigenvalue weighted by Gasteiger charge is 2.19. The number of aromatic carboxylic acids is 1. The molecule has 1 N–H and O–H groups in total. The van der Waals surface area contributed by atoms with Crippen LogP contribution in [0, 0.1) is 0 Å². The van der Waals surface area contributed by atoms with E-state index < -0.39 is 5.97 Å². The van der Waals surface area contributed by atoms with Crippen molar-refractivity contribution in [2.24, 2.45) is 0 Å². The van der Waals surface area contributed by atoms with Gasteiger partial charge in [-0.05, 0) is 31.9 Å². The van der Waals surface area contributed by atoms with Crippen molar-refractivity contribution in [3.63, 3.8) is 0 Å². The summed E-state index contributed by atoms with van der Waals surface area (Å²) in [6, 6.07) is 6.75. The van der Waals surface area contributed by atoms with E-state index in [1.807, 2.05) is 6.92 Å². The average Bonchev–Trinajstić information content (AvgIpc) is 2.50. The Morgan fingerprint density at radius 1 is 1.33 bits per heavy atom. The maximum Gasteiger partial charge on any atom is 0.339 e. The first-order valence-electron chi connectivity index (χ1n) is 7.49. The number of ether oxygens (including phenoxy) is 2. The van der Waals surface area contributed by atoms with Gasteiger partial charge in [0.15, 0.2) is 0 Å². The molecule has 1 heterocycles. The van der Waals surface area contributed by atoms with Gasteiger partial charge in [-0.1, -0.05) is 12.1 Å². The second-order valence-corrected chi connectivity index (χ2v) is 5.15. The Morgan fingerprint density at radius 2 is 2.05 bits per heavy atom. The molecule has 5 heteroatoms. The molecule has 0 aromatic heterocycles. The molecule has 0 bridgehead atoms. The van der Waals surface area contributed by atoms with E-state index in [4.69, 9.17) is 14.6 Å². The maximum atomic E-state index is 11.1. The molecule has 116 valence electrons. The molecule has 0 aliphatic carbocycles. The number of para-hydroxylation sites is 1. The lowest BCUT2D eigenvalue weighted by Crippen LogP contribution is -2.39. The van der Waals surface area contributed by atoms with Gasteiger partial charge < -0.3 is 14.6 Å². The van der Waals surface area contributed by atoms with E-state index in [1.54, 1.807) is 24.3 Å². The second kappa shape index (κ2) is 8.00. The fraction of sp³-hybridized carbons (Fsp3) is 0.562. The minimum atomic E-state index is -0.955. The van der Waals surface area contributed by atoms with Gasteiger partial charge in [0.1, 0.15) is 17.9 Å². The lowest BCUT2D eigenvalue weighted by Gasteiger charge is -2.31. The number of carboxylic acid groups (broad SMARTS) is 1. The molecule has 1 aromatic rings. The van der Waals surface area contributed by atoms with Gasteiger partial charge in [0, 0.05) is 26.2 Å². The molecular weight excluding hydrogens is 270 g/mol. The van der Waals surface area contributed by atoms with Crippen molar-refractivity contribution in [1.82, 2.24) is 4.90 Å². The van der Waals surface area contributed by atoms with Crippen LogP contribution in [0.2, 0.25) is 0 Å². The Bertz CT molecular complexity index is 455. The Balaban J connectivity index is 1.74. The van der Waals surface area contributed by atoms with E-state index in [2.05, 4.69) is 4.90 Å². The van der Waals surface area contributed by atoms with Crippen molar-refractivity contribution in [2.75, 3.05) is 32.8 Å². The highest BCUT2D eigenvalue weighted by Crippen LogP contribution is 2.18. The topological polar surface area (TPSA) is 59.0 Å². The molecule has 0 unspecified atom stereocenters. The molecule has 5 nitrogen and oxygen atoms in total. The highest BCUT2D eigenvalue weighted by molar-refractivity contribution is 5.90. The zero-order valence-corrected chi connectivity index (χ0v) is 12.5. The molecule has 1 fully saturated rings. The van der Waals surface area contributed by atoms with Gasteiger partial charge in [0.25, 0.3) is 0 Å². The number of hydrogen-bond donors (Lipinski definition) is 1. The molecule has 1 saturated heterocycles. The van der Waals surface area contributed by atoms with E-state index in [1.165, 1.54) is 0 Å². The van der Waals surface area contributed by atoms with Crippen LogP contribution in [0.25, 0.3) is 0 Å². The molecule has 21 heavy (non-hydrogen) atoms. The van der Waals surface area contributed by atoms with E-state index in [-0.39, 0.29) is 5.56 Å². The van der Waals surface area contributed by atoms with Crippen LogP contribution in [0.3, 0.4) is 0 Å². The Labute approximate surface area is 125 Å². The first kappa shape index (κ1) is 15.8. The number of hydrogen-bond acceptors (Lipinski definition) is 4. The molecule has 0 radical (unpaired) electrons. The van der Waals surface area contributed by atoms with Crippen molar-refractivity contribution in [3.05, 3.63) is 29.8 Å². The standard InChI is InChI=1S/C16H23NO4/c1-2-20-13-7-9-17(10-8-13)11-12-21-15-6-4-3-5-14(15)16(18)19/h3-6,13H,2,7-12H2,1H3,(H,18,19). The number of likely N-dealkylation sites (tertiary alicyclic amines) is 1. The normalized spacial score (nSPS) is 16.8. The van der Waals surface area contributed by atoms with Crippen LogP contribution < -0.4 is 4.74 Å². The van der Waals surface area contributed by atoms with Crippen LogP contribution >= 0.6 is 0 Å². The van der Waals surface area contributed by atoms with E-state index in [0.717, 1.165) is 39.1 Å². The van der Waals surface area contributed by atoms with E-state index in [0.29, 0.717) is 18.5 Å². The lowest BCUT2D eigenvalue weighted by atomic mass is 10.1. The van der Waals surface area contributed by atoms with Crippen molar-refractivity contribution in [3.8, 4) is 5.75 Å². The SMILES string of the molecule is CCOC1CCN(CCOc2ccccc2C(=O)O)CC1. The number of carbonyl (C=O) groups is 1. The highest BCUT2D eigenvalue weighted by atomic mass is 16.5. The third-order valence-electron chi connectivity index (χ3n) is 3.72. The summed E-state index contributed by atoms with van der Waals surface area (Å²) in [6.07, 6.45) is 2.50. The summed E-state index contributed by atoms with van der Waals surface area (Å²) in [7, 11) is 0. The first-order valence-corrected chi connectivity index (χ1v) is 7.49. The minimum Gasteiger partial charge on any atom is -0.491 e. The average molecular weight is 293 g/mol. The van der Waals surface area contributed by atoms with Crippen molar-refractivity contribution >= 4 is 5.97 Å². The largest absolute Gasteiger partial charge is 0.491 e. The van der Waals surface area contributed by atoms with Gasteiger partial charge in [-0.2, -0.15) is 0 Å². The summed E-state index contributed by atoms with van der Waals surface area (Å²) in [6.45, 7) is 6.14. The van der Waals surface area contributed by atoms with Crippen LogP contribution in [0.5, 0.6) is 5.75 Å². The summed E-state index contributed by atoms with van der Waals surface area (Å²) in [5, 5.41) is 9.09. The van der Waals surface area contributed by atoms with Gasteiger partial charge in [0.2, 0.25) is 0 Å². The molecule has 0 amide bonds. The Morgan fingerprint density at radius 3 is 2.71 bits per heavy atom. The van der Waals surface area contributed by atoms with Crippen LogP contribution in [0.15, 0.2) is 24.3 Å². The van der Waals surface area contributed by atoms with Crippen LogP contribution in [-0.4, -0.2) is 54.9 Å². The van der Waals surface area contributed by atoms with Gasteiger partial charge in [0.05, 0.1) is 6.10 Å². The van der Waals surface area contributed by atoms with Crippen molar-refractivity contribution in [1.29, 1.82) is 0 Å². The van der Waals surface area contributed by atoms with E-state index in [9.17, 15) is 4.79 Å². The number of rotatable bonds is 7. The van der Waals surface area contributed by atoms with Crippen LogP contribution in [-0.2, 0) is 4.74 Å². The van der Waals surface area contributed by atoms with Gasteiger partial charge in [-0.25, -0.2) is 4.79 Å². The molecule has 0 atom stereocenters. The van der Waals surface area contributed by atoms with E-state index >= 15 is 0 Å². The fourth-order valence-corrected chi connectivity index (χ4v) is 2.59. The van der Waals surface area contributed by atoms with Gasteiger partial charge >= 0.3 is 5.97 Å². The molecule has 1 aliphatic rings. The number of benzene rings is 1. The zero-order chi connectivity index (χ0) is 15.1. The fourth-order valence-electron chi connectivity index (χ4n) is 2.59. The summed E-state index contributed by atoms with van der Waals surface area (Å²) >= 11 is 0. The summed E-state index contributed by atoms with van der Waals surface area (Å²) < 4.78 is 11.2. The zero-order valence-electron chi connectivity index (χ0n) is 12.5. The maximum absolute atomic E-state index is 11.1. The Kier molecular flexibility index (Phi) is 6.02. The second-order valence-electron chi connectivity index (χ2n) is 5.15. The molecular formula is C16H23NO4. The predicted molar refractivity (Wildman–Crippen MR) is 80.0 cm³/mol. The van der Waals surface area contributed by atoms with Crippen LogP contribution in [0.1, 0.15) is 30.1 Å². The third kappa shape index (κ3) is 4.72. The van der Waals surface area contributed by atoms with Gasteiger partial charge in [-0.3, -0.25) is 4.90 Å². The van der Waals surface area contributed by atoms with Crippen LogP contribution in [0.4, 0.5) is 0 Å². The molecule has 0 spiro atoms. The minimum absolute atomic E-state index is 0.215. The number of nitrogens with zero attached hydrogens (tertiary/aromatic N) is 1. The first-order chi connectivity index (χ1) is 10.2. The monoisotopic (exact) mass is 293 g/mol. The number of piperidine rings is 1. The third-order valence-corrected chi connectivity index (χ3v) is 3.72. The Hall–Kier alpha value is -1.59. The molecule has 0 saturated carbocycles. The summed E-state index contributed by atoms with van der Waals surface area (Å²) in [5.74, 6) is -0.516. The lowest BCUT2D eigenvalue weighted by molar-refractivity contribution is 0.0118. The smallest absolute Gasteiger partial charge is 0.339 e. The predicted octanol–water partition coefficient (Wildman–Crippen LogP) is 2.26. The molecule has 1 aromatic carbocycles. The van der Waals surface area contributed by atoms with Gasteiger partial charge in [-0.15, -0.1) is 0 Å². The molecule has 1 aliphatic heterocycles. The molecule has 2 rings (SSSR count). The quantitative estimate of drug-likeness (QED) is 0.835. The number of carboxylic acids is 1. The summed E-state index contributed by atoms with van der Waals surface area (Å²) in [5.41, 5.74) is 0.215. The van der Waals surface area contributed by atoms with Crippen molar-refractivity contribution < 1.29 is 19.4 Å². The summed E-state index contributed by atoms with van der Waals surface area (Å²) in [4.78, 5) is 13.4. The van der Waals surface area contributed by atoms with Crippen molar-refractivity contribution in [2.45, 2.75) is 25.9 Å².